The molecule has 30 heavy (non-hydrogen) atoms. The van der Waals surface area contributed by atoms with Gasteiger partial charge in [0.15, 0.2) is 5.69 Å². The monoisotopic (exact) mass is 415 g/mol. The van der Waals surface area contributed by atoms with E-state index < -0.39 is 0 Å². The molecule has 0 saturated carbocycles. The topological polar surface area (TPSA) is 108 Å². The highest BCUT2D eigenvalue weighted by atomic mass is 16.5. The smallest absolute Gasteiger partial charge is 0.274 e. The average Bonchev–Trinajstić information content (AvgIpc) is 3.18. The number of ether oxygens (including phenoxy) is 3. The van der Waals surface area contributed by atoms with Gasteiger partial charge in [0.2, 0.25) is 5.88 Å². The van der Waals surface area contributed by atoms with Crippen molar-refractivity contribution in [2.45, 2.75) is 19.6 Å². The minimum Gasteiger partial charge on any atom is -0.481 e. The molecule has 2 aromatic rings. The molecule has 0 radical (unpaired) electrons. The van der Waals surface area contributed by atoms with Gasteiger partial charge in [-0.3, -0.25) is 14.3 Å². The van der Waals surface area contributed by atoms with Crippen LogP contribution in [0, 0.1) is 0 Å². The van der Waals surface area contributed by atoms with Crippen LogP contribution in [0.3, 0.4) is 0 Å². The zero-order valence-electron chi connectivity index (χ0n) is 16.9. The fourth-order valence-corrected chi connectivity index (χ4v) is 3.59. The number of nitrogens with one attached hydrogen (secondary N) is 1. The molecule has 0 unspecified atom stereocenters. The summed E-state index contributed by atoms with van der Waals surface area (Å²) in [5.74, 6) is 0.140. The molecule has 1 saturated heterocycles. The Bertz CT molecular complexity index is 905. The first kappa shape index (κ1) is 20.3. The van der Waals surface area contributed by atoms with E-state index in [1.807, 2.05) is 4.68 Å². The standard InChI is InChI=1S/C20H25N5O5/c1-28-17-3-2-14(12-22-17)19(26)21-5-6-25-16-4-9-30-13-15(16)18(23-25)20(27)24-7-10-29-11-8-24/h2-3,12H,4-11,13H2,1H3,(H,21,26). The molecule has 2 aromatic heterocycles. The van der Waals surface area contributed by atoms with Crippen molar-refractivity contribution in [1.29, 1.82) is 0 Å². The van der Waals surface area contributed by atoms with Crippen molar-refractivity contribution in [3.05, 3.63) is 40.8 Å². The summed E-state index contributed by atoms with van der Waals surface area (Å²) in [6.45, 7) is 4.02. The lowest BCUT2D eigenvalue weighted by molar-refractivity contribution is 0.0294. The van der Waals surface area contributed by atoms with Gasteiger partial charge in [-0.2, -0.15) is 5.10 Å². The number of aromatic nitrogens is 3. The summed E-state index contributed by atoms with van der Waals surface area (Å²) in [6, 6.07) is 3.30. The van der Waals surface area contributed by atoms with Gasteiger partial charge in [0.1, 0.15) is 0 Å². The molecule has 0 bridgehead atoms. The highest BCUT2D eigenvalue weighted by molar-refractivity contribution is 5.94. The van der Waals surface area contributed by atoms with Crippen LogP contribution in [0.25, 0.3) is 0 Å². The van der Waals surface area contributed by atoms with Crippen molar-refractivity contribution in [2.75, 3.05) is 46.6 Å². The average molecular weight is 415 g/mol. The summed E-state index contributed by atoms with van der Waals surface area (Å²) < 4.78 is 17.7. The van der Waals surface area contributed by atoms with Crippen LogP contribution in [-0.4, -0.2) is 78.0 Å². The third-order valence-electron chi connectivity index (χ3n) is 5.21. The first-order valence-electron chi connectivity index (χ1n) is 9.99. The maximum Gasteiger partial charge on any atom is 0.274 e. The Morgan fingerprint density at radius 2 is 2.03 bits per heavy atom. The van der Waals surface area contributed by atoms with Crippen molar-refractivity contribution >= 4 is 11.8 Å². The Morgan fingerprint density at radius 3 is 2.77 bits per heavy atom. The lowest BCUT2D eigenvalue weighted by Crippen LogP contribution is -2.41. The van der Waals surface area contributed by atoms with Crippen LogP contribution in [0.4, 0.5) is 0 Å². The number of carbonyl (C=O) groups excluding carboxylic acids is 2. The van der Waals surface area contributed by atoms with Crippen molar-refractivity contribution in [1.82, 2.24) is 25.0 Å². The molecule has 4 heterocycles. The Kier molecular flexibility index (Phi) is 6.24. The van der Waals surface area contributed by atoms with E-state index in [0.717, 1.165) is 11.3 Å². The van der Waals surface area contributed by atoms with Crippen molar-refractivity contribution in [3.63, 3.8) is 0 Å². The number of pyridine rings is 1. The van der Waals surface area contributed by atoms with Crippen LogP contribution in [0.15, 0.2) is 18.3 Å². The van der Waals surface area contributed by atoms with Gasteiger partial charge in [0, 0.05) is 49.6 Å². The predicted octanol–water partition coefficient (Wildman–Crippen LogP) is 0.262. The summed E-state index contributed by atoms with van der Waals surface area (Å²) in [6.07, 6.45) is 2.16. The fraction of sp³-hybridized carbons (Fsp3) is 0.500. The Labute approximate surface area is 174 Å². The van der Waals surface area contributed by atoms with E-state index >= 15 is 0 Å². The molecular weight excluding hydrogens is 390 g/mol. The van der Waals surface area contributed by atoms with Crippen LogP contribution in [-0.2, 0) is 29.0 Å². The molecule has 1 fully saturated rings. The van der Waals surface area contributed by atoms with E-state index in [1.165, 1.54) is 13.3 Å². The molecule has 0 atom stereocenters. The molecule has 160 valence electrons. The van der Waals surface area contributed by atoms with Gasteiger partial charge in [-0.15, -0.1) is 0 Å². The first-order chi connectivity index (χ1) is 14.7. The summed E-state index contributed by atoms with van der Waals surface area (Å²) in [5, 5.41) is 7.45. The number of rotatable bonds is 6. The zero-order chi connectivity index (χ0) is 20.9. The summed E-state index contributed by atoms with van der Waals surface area (Å²) in [5.41, 5.74) is 2.74. The molecular formula is C20H25N5O5. The van der Waals surface area contributed by atoms with E-state index in [2.05, 4.69) is 15.4 Å². The maximum atomic E-state index is 13.0. The molecule has 1 N–H and O–H groups in total. The molecule has 0 spiro atoms. The van der Waals surface area contributed by atoms with E-state index in [-0.39, 0.29) is 11.8 Å². The Morgan fingerprint density at radius 1 is 1.20 bits per heavy atom. The number of morpholine rings is 1. The lowest BCUT2D eigenvalue weighted by atomic mass is 10.1. The van der Waals surface area contributed by atoms with E-state index in [4.69, 9.17) is 14.2 Å². The van der Waals surface area contributed by atoms with Crippen LogP contribution in [0.5, 0.6) is 5.88 Å². The molecule has 10 heteroatoms. The third kappa shape index (κ3) is 4.29. The largest absolute Gasteiger partial charge is 0.481 e. The second-order valence-electron chi connectivity index (χ2n) is 7.05. The van der Waals surface area contributed by atoms with Gasteiger partial charge in [-0.05, 0) is 6.07 Å². The molecule has 10 nitrogen and oxygen atoms in total. The molecule has 4 rings (SSSR count). The SMILES string of the molecule is COc1ccc(C(=O)NCCn2nc(C(=O)N3CCOCC3)c3c2CCOC3)cn1. The minimum atomic E-state index is -0.223. The normalized spacial score (nSPS) is 16.1. The lowest BCUT2D eigenvalue weighted by Gasteiger charge is -2.26. The molecule has 2 aliphatic heterocycles. The van der Waals surface area contributed by atoms with Gasteiger partial charge in [-0.1, -0.05) is 0 Å². The van der Waals surface area contributed by atoms with E-state index in [0.29, 0.717) is 76.2 Å². The van der Waals surface area contributed by atoms with E-state index in [1.54, 1.807) is 17.0 Å². The van der Waals surface area contributed by atoms with Crippen molar-refractivity contribution in [3.8, 4) is 5.88 Å². The van der Waals surface area contributed by atoms with E-state index in [9.17, 15) is 9.59 Å². The quantitative estimate of drug-likeness (QED) is 0.721. The second-order valence-corrected chi connectivity index (χ2v) is 7.05. The van der Waals surface area contributed by atoms with Crippen LogP contribution < -0.4 is 10.1 Å². The number of fused-ring (bicyclic) bond motifs is 1. The Balaban J connectivity index is 1.42. The van der Waals surface area contributed by atoms with Gasteiger partial charge >= 0.3 is 0 Å². The fourth-order valence-electron chi connectivity index (χ4n) is 3.59. The van der Waals surface area contributed by atoms with Gasteiger partial charge in [-0.25, -0.2) is 4.98 Å². The number of hydrogen-bond acceptors (Lipinski definition) is 7. The third-order valence-corrected chi connectivity index (χ3v) is 5.21. The number of hydrogen-bond donors (Lipinski definition) is 1. The van der Waals surface area contributed by atoms with Gasteiger partial charge in [0.05, 0.1) is 45.6 Å². The van der Waals surface area contributed by atoms with Crippen LogP contribution in [0.2, 0.25) is 0 Å². The van der Waals surface area contributed by atoms with Crippen LogP contribution in [0.1, 0.15) is 32.1 Å². The van der Waals surface area contributed by atoms with Gasteiger partial charge < -0.3 is 24.4 Å². The zero-order valence-corrected chi connectivity index (χ0v) is 16.9. The maximum absolute atomic E-state index is 13.0. The minimum absolute atomic E-state index is 0.0906. The van der Waals surface area contributed by atoms with Crippen LogP contribution >= 0.6 is 0 Å². The summed E-state index contributed by atoms with van der Waals surface area (Å²) in [7, 11) is 1.52. The molecule has 0 aliphatic carbocycles. The molecule has 2 amide bonds. The van der Waals surface area contributed by atoms with Crippen molar-refractivity contribution in [2.24, 2.45) is 0 Å². The summed E-state index contributed by atoms with van der Waals surface area (Å²) >= 11 is 0. The number of methoxy groups -OCH3 is 1. The molecule has 2 aliphatic rings. The van der Waals surface area contributed by atoms with Crippen molar-refractivity contribution < 1.29 is 23.8 Å². The summed E-state index contributed by atoms with van der Waals surface area (Å²) in [4.78, 5) is 31.1. The van der Waals surface area contributed by atoms with Gasteiger partial charge in [0.25, 0.3) is 11.8 Å². The molecule has 0 aromatic carbocycles. The number of carbonyl (C=O) groups is 2. The second kappa shape index (κ2) is 9.23. The predicted molar refractivity (Wildman–Crippen MR) is 105 cm³/mol. The number of amides is 2. The number of nitrogens with zero attached hydrogens (tertiary/aromatic N) is 4. The highest BCUT2D eigenvalue weighted by Crippen LogP contribution is 2.22. The highest BCUT2D eigenvalue weighted by Gasteiger charge is 2.29. The Hall–Kier alpha value is -2.98. The first-order valence-corrected chi connectivity index (χ1v) is 9.99.